The second-order valence-electron chi connectivity index (χ2n) is 4.50. The summed E-state index contributed by atoms with van der Waals surface area (Å²) in [5, 5.41) is 24.1. The van der Waals surface area contributed by atoms with Gasteiger partial charge in [-0.15, -0.1) is 4.68 Å². The van der Waals surface area contributed by atoms with E-state index in [4.69, 9.17) is 4.74 Å². The van der Waals surface area contributed by atoms with Crippen molar-refractivity contribution in [2.24, 2.45) is 0 Å². The first kappa shape index (κ1) is 18.0. The van der Waals surface area contributed by atoms with Crippen molar-refractivity contribution in [2.75, 3.05) is 12.4 Å². The second kappa shape index (κ2) is 7.46. The average molecular weight is 364 g/mol. The van der Waals surface area contributed by atoms with Gasteiger partial charge in [0.2, 0.25) is 0 Å². The van der Waals surface area contributed by atoms with E-state index < -0.39 is 10.8 Å². The maximum Gasteiger partial charge on any atom is 0.396 e. The molecule has 3 rings (SSSR count). The molecule has 3 N–H and O–H groups in total. The van der Waals surface area contributed by atoms with Crippen LogP contribution in [0.25, 0.3) is 5.00 Å². The predicted molar refractivity (Wildman–Crippen MR) is 85.3 cm³/mol. The van der Waals surface area contributed by atoms with E-state index in [2.05, 4.69) is 20.8 Å². The van der Waals surface area contributed by atoms with Gasteiger partial charge in [-0.1, -0.05) is 34.7 Å². The number of hydrogen-bond donors (Lipinski definition) is 2. The number of ether oxygens (including phenoxy) is 1. The zero-order valence-electron chi connectivity index (χ0n) is 12.7. The van der Waals surface area contributed by atoms with Crippen molar-refractivity contribution in [3.05, 3.63) is 52.3 Å². The molecule has 0 saturated carbocycles. The van der Waals surface area contributed by atoms with Crippen LogP contribution in [0.3, 0.4) is 0 Å². The van der Waals surface area contributed by atoms with E-state index in [0.717, 1.165) is 16.0 Å². The molecule has 2 heterocycles. The summed E-state index contributed by atoms with van der Waals surface area (Å²) in [5.74, 6) is -0.678. The molecule has 0 spiro atoms. The van der Waals surface area contributed by atoms with Gasteiger partial charge in [0, 0.05) is 5.69 Å². The van der Waals surface area contributed by atoms with Crippen LogP contribution in [0.4, 0.5) is 11.4 Å². The van der Waals surface area contributed by atoms with Crippen LogP contribution in [-0.2, 0) is 0 Å². The Morgan fingerprint density at radius 1 is 1.40 bits per heavy atom. The summed E-state index contributed by atoms with van der Waals surface area (Å²) in [6.07, 6.45) is 0. The Morgan fingerprint density at radius 2 is 2.12 bits per heavy atom. The number of nitro groups is 1. The van der Waals surface area contributed by atoms with Crippen molar-refractivity contribution in [1.82, 2.24) is 15.5 Å². The predicted octanol–water partition coefficient (Wildman–Crippen LogP) is 1.14. The highest BCUT2D eigenvalue weighted by atomic mass is 32.1. The van der Waals surface area contributed by atoms with Crippen molar-refractivity contribution < 1.29 is 24.6 Å². The number of carbonyl (C=O) groups excluding carboxylic acids is 1. The summed E-state index contributed by atoms with van der Waals surface area (Å²) in [6.45, 7) is 0. The fourth-order valence-corrected chi connectivity index (χ4v) is 2.85. The third-order valence-corrected chi connectivity index (χ3v) is 4.08. The van der Waals surface area contributed by atoms with E-state index in [1.807, 2.05) is 6.07 Å². The third-order valence-electron chi connectivity index (χ3n) is 3.01. The number of rotatable bonds is 5. The fourth-order valence-electron chi connectivity index (χ4n) is 1.95. The zero-order valence-corrected chi connectivity index (χ0v) is 13.6. The third kappa shape index (κ3) is 3.59. The van der Waals surface area contributed by atoms with Crippen molar-refractivity contribution in [1.29, 1.82) is 0 Å². The van der Waals surface area contributed by atoms with Crippen molar-refractivity contribution in [2.45, 2.75) is 0 Å². The van der Waals surface area contributed by atoms with Crippen LogP contribution in [0.1, 0.15) is 10.6 Å². The van der Waals surface area contributed by atoms with Crippen LogP contribution in [0.5, 0.6) is 5.06 Å². The lowest BCUT2D eigenvalue weighted by atomic mass is 10.3. The lowest BCUT2D eigenvalue weighted by Gasteiger charge is -2.00. The number of nitrogens with zero attached hydrogens (tertiary/aromatic N) is 4. The molecular weight excluding hydrogens is 352 g/mol. The normalized spacial score (nSPS) is 9.96. The smallest absolute Gasteiger partial charge is 0.396 e. The minimum absolute atomic E-state index is 0. The van der Waals surface area contributed by atoms with E-state index in [1.165, 1.54) is 13.2 Å². The van der Waals surface area contributed by atoms with Gasteiger partial charge in [-0.05, 0) is 12.1 Å². The Balaban J connectivity index is 0.00000225. The van der Waals surface area contributed by atoms with Crippen molar-refractivity contribution >= 4 is 28.6 Å². The number of aromatic nitrogens is 4. The van der Waals surface area contributed by atoms with Crippen LogP contribution in [-0.4, -0.2) is 38.9 Å². The minimum atomic E-state index is -0.568. The molecule has 1 aromatic carbocycles. The molecule has 2 aromatic heterocycles. The van der Waals surface area contributed by atoms with Crippen LogP contribution in [0, 0.1) is 10.1 Å². The monoisotopic (exact) mass is 364 g/mol. The zero-order chi connectivity index (χ0) is 17.1. The molecule has 11 nitrogen and oxygen atoms in total. The summed E-state index contributed by atoms with van der Waals surface area (Å²) >= 11 is 0.991. The largest absolute Gasteiger partial charge is 0.870 e. The maximum atomic E-state index is 12.4. The minimum Gasteiger partial charge on any atom is -0.870 e. The molecule has 0 unspecified atom stereocenters. The molecule has 1 amide bonds. The molecule has 3 aromatic rings. The Labute approximate surface area is 144 Å². The number of aromatic amines is 1. The highest BCUT2D eigenvalue weighted by Crippen LogP contribution is 2.34. The molecule has 25 heavy (non-hydrogen) atoms. The van der Waals surface area contributed by atoms with Gasteiger partial charge in [0.05, 0.1) is 18.1 Å². The Bertz CT molecular complexity index is 893. The van der Waals surface area contributed by atoms with E-state index in [9.17, 15) is 14.9 Å². The van der Waals surface area contributed by atoms with Crippen molar-refractivity contribution in [3.63, 3.8) is 0 Å². The van der Waals surface area contributed by atoms with Gasteiger partial charge in [0.1, 0.15) is 5.10 Å². The van der Waals surface area contributed by atoms with Gasteiger partial charge in [-0.25, -0.2) is 0 Å². The summed E-state index contributed by atoms with van der Waals surface area (Å²) in [5.41, 5.74) is 0.344. The van der Waals surface area contributed by atoms with Crippen LogP contribution >= 0.6 is 11.3 Å². The van der Waals surface area contributed by atoms with Gasteiger partial charge in [-0.2, -0.15) is 0 Å². The Hall–Kier alpha value is -3.38. The van der Waals surface area contributed by atoms with Crippen LogP contribution < -0.4 is 14.7 Å². The van der Waals surface area contributed by atoms with Crippen LogP contribution in [0.15, 0.2) is 36.4 Å². The number of para-hydroxylation sites is 1. The van der Waals surface area contributed by atoms with E-state index in [1.54, 1.807) is 24.3 Å². The number of carbonyl (C=O) groups is 1. The Morgan fingerprint density at radius 3 is 2.76 bits per heavy atom. The maximum absolute atomic E-state index is 12.4. The molecule has 0 aliphatic heterocycles. The first-order valence-corrected chi connectivity index (χ1v) is 7.44. The highest BCUT2D eigenvalue weighted by Gasteiger charge is 2.32. The topological polar surface area (TPSA) is 157 Å². The number of methoxy groups -OCH3 is 1. The number of anilines is 1. The van der Waals surface area contributed by atoms with Gasteiger partial charge in [-0.3, -0.25) is 14.9 Å². The summed E-state index contributed by atoms with van der Waals surface area (Å²) < 4.78 is 6.17. The number of tetrazole rings is 1. The Kier molecular flexibility index (Phi) is 5.36. The molecule has 0 bridgehead atoms. The average Bonchev–Trinajstić information content (AvgIpc) is 3.22. The first-order chi connectivity index (χ1) is 11.6. The molecule has 0 saturated heterocycles. The van der Waals surface area contributed by atoms with Gasteiger partial charge >= 0.3 is 17.4 Å². The van der Waals surface area contributed by atoms with E-state index in [-0.39, 0.29) is 22.0 Å². The number of H-pyrrole nitrogens is 1. The number of thiophene rings is 1. The van der Waals surface area contributed by atoms with Gasteiger partial charge in [0.15, 0.2) is 10.3 Å². The molecule has 130 valence electrons. The summed E-state index contributed by atoms with van der Waals surface area (Å²) in [4.78, 5) is 23.0. The molecule has 0 radical (unpaired) electrons. The molecule has 0 fully saturated rings. The van der Waals surface area contributed by atoms with Crippen LogP contribution in [0.2, 0.25) is 0 Å². The van der Waals surface area contributed by atoms with E-state index >= 15 is 0 Å². The van der Waals surface area contributed by atoms with Crippen molar-refractivity contribution in [3.8, 4) is 10.1 Å². The molecule has 0 aliphatic carbocycles. The lowest BCUT2D eigenvalue weighted by molar-refractivity contribution is -0.661. The quantitative estimate of drug-likeness (QED) is 0.390. The van der Waals surface area contributed by atoms with E-state index in [0.29, 0.717) is 10.8 Å². The fraction of sp³-hybridized carbons (Fsp3) is 0.0769. The molecule has 0 atom stereocenters. The molecular formula is C13H12N6O5S. The highest BCUT2D eigenvalue weighted by molar-refractivity contribution is 7.16. The summed E-state index contributed by atoms with van der Waals surface area (Å²) in [6, 6.07) is 10.0. The lowest BCUT2D eigenvalue weighted by Crippen LogP contribution is -2.40. The number of amides is 1. The van der Waals surface area contributed by atoms with Gasteiger partial charge in [0.25, 0.3) is 5.00 Å². The molecule has 0 aliphatic rings. The standard InChI is InChI=1S/C13H10N6O4S.H2O/c1-23-10-7-9(19(21)22)13(24-10)18-11(15-16-17-18)12(20)14-8-5-3-2-4-6-8;/h2-7H,1H3,(H,14,20);1H2. The summed E-state index contributed by atoms with van der Waals surface area (Å²) in [7, 11) is 1.40. The number of hydrogen-bond acceptors (Lipinski definition) is 8. The van der Waals surface area contributed by atoms with Gasteiger partial charge < -0.3 is 15.5 Å². The first-order valence-electron chi connectivity index (χ1n) is 6.62. The SMILES string of the molecule is COc1cc([N+](=O)[O-])c(-[n+]2[nH]nnc2C(=O)Nc2ccccc2)s1.[OH-]. The number of nitrogens with one attached hydrogen (secondary N) is 2. The second-order valence-corrected chi connectivity index (χ2v) is 5.49. The number of benzene rings is 1. The molecule has 12 heteroatoms.